The fraction of sp³-hybridized carbons (Fsp3) is 0.500. The molecule has 88 valence electrons. The maximum atomic E-state index is 11.3. The lowest BCUT2D eigenvalue weighted by atomic mass is 10.4. The van der Waals surface area contributed by atoms with Gasteiger partial charge in [-0.2, -0.15) is 0 Å². The van der Waals surface area contributed by atoms with Gasteiger partial charge in [0, 0.05) is 12.7 Å². The smallest absolute Gasteiger partial charge is 0.325 e. The number of hydrogen-bond acceptors (Lipinski definition) is 5. The Morgan fingerprint density at radius 2 is 2.38 bits per heavy atom. The van der Waals surface area contributed by atoms with Crippen molar-refractivity contribution in [3.8, 4) is 0 Å². The fourth-order valence-corrected chi connectivity index (χ4v) is 1.93. The molecule has 0 bridgehead atoms. The Kier molecular flexibility index (Phi) is 5.44. The maximum Gasteiger partial charge on any atom is 0.325 e. The molecule has 0 aliphatic heterocycles. The molecular weight excluding hydrogens is 321 g/mol. The molecule has 1 rings (SSSR count). The van der Waals surface area contributed by atoms with Crippen molar-refractivity contribution >= 4 is 34.4 Å². The number of ether oxygens (including phenoxy) is 1. The molecule has 1 heterocycles. The van der Waals surface area contributed by atoms with Crippen LogP contribution in [0.2, 0.25) is 0 Å². The summed E-state index contributed by atoms with van der Waals surface area (Å²) in [5.41, 5.74) is 0. The van der Waals surface area contributed by atoms with Gasteiger partial charge in [0.1, 0.15) is 18.7 Å². The molecule has 0 aliphatic carbocycles. The predicted molar refractivity (Wildman–Crippen MR) is 69.3 cm³/mol. The molecule has 1 aromatic rings. The van der Waals surface area contributed by atoms with Gasteiger partial charge in [0.15, 0.2) is 0 Å². The van der Waals surface area contributed by atoms with Gasteiger partial charge in [-0.1, -0.05) is 6.92 Å². The molecule has 0 aliphatic rings. The minimum absolute atomic E-state index is 0.220. The van der Waals surface area contributed by atoms with E-state index in [4.69, 9.17) is 0 Å². The number of carbonyl (C=O) groups is 1. The molecule has 0 atom stereocenters. The summed E-state index contributed by atoms with van der Waals surface area (Å²) in [4.78, 5) is 21.3. The van der Waals surface area contributed by atoms with Crippen molar-refractivity contribution < 1.29 is 9.53 Å². The van der Waals surface area contributed by atoms with Crippen LogP contribution in [0.25, 0.3) is 0 Å². The largest absolute Gasteiger partial charge is 0.468 e. The van der Waals surface area contributed by atoms with Gasteiger partial charge in [0.2, 0.25) is 0 Å². The van der Waals surface area contributed by atoms with Crippen LogP contribution in [0, 0.1) is 3.57 Å². The summed E-state index contributed by atoms with van der Waals surface area (Å²) in [7, 11) is 1.39. The first-order valence-electron chi connectivity index (χ1n) is 4.96. The normalized spacial score (nSPS) is 9.94. The second-order valence-electron chi connectivity index (χ2n) is 3.19. The van der Waals surface area contributed by atoms with Crippen LogP contribution in [-0.2, 0) is 9.53 Å². The molecule has 0 spiro atoms. The van der Waals surface area contributed by atoms with Crippen LogP contribution in [0.15, 0.2) is 12.5 Å². The number of hydrogen-bond donors (Lipinski definition) is 0. The van der Waals surface area contributed by atoms with Gasteiger partial charge in [0.25, 0.3) is 0 Å². The summed E-state index contributed by atoms with van der Waals surface area (Å²) < 4.78 is 5.59. The van der Waals surface area contributed by atoms with E-state index in [1.165, 1.54) is 13.4 Å². The molecule has 0 saturated carbocycles. The zero-order chi connectivity index (χ0) is 12.0. The van der Waals surface area contributed by atoms with E-state index in [0.717, 1.165) is 22.4 Å². The monoisotopic (exact) mass is 335 g/mol. The highest BCUT2D eigenvalue weighted by atomic mass is 127. The maximum absolute atomic E-state index is 11.3. The van der Waals surface area contributed by atoms with E-state index in [2.05, 4.69) is 44.2 Å². The average Bonchev–Trinajstić information content (AvgIpc) is 2.29. The molecule has 5 nitrogen and oxygen atoms in total. The quantitative estimate of drug-likeness (QED) is 0.603. The Morgan fingerprint density at radius 3 is 2.94 bits per heavy atom. The van der Waals surface area contributed by atoms with Crippen molar-refractivity contribution in [2.75, 3.05) is 25.1 Å². The summed E-state index contributed by atoms with van der Waals surface area (Å²) in [6, 6.07) is 0. The van der Waals surface area contributed by atoms with Crippen LogP contribution in [-0.4, -0.2) is 36.1 Å². The lowest BCUT2D eigenvalue weighted by Crippen LogP contribution is -2.32. The Morgan fingerprint density at radius 1 is 1.62 bits per heavy atom. The van der Waals surface area contributed by atoms with Crippen LogP contribution in [0.3, 0.4) is 0 Å². The third-order valence-electron chi connectivity index (χ3n) is 1.99. The van der Waals surface area contributed by atoms with Gasteiger partial charge < -0.3 is 9.64 Å². The molecule has 0 fully saturated rings. The average molecular weight is 335 g/mol. The Labute approximate surface area is 108 Å². The lowest BCUT2D eigenvalue weighted by Gasteiger charge is -2.22. The second kappa shape index (κ2) is 6.62. The van der Waals surface area contributed by atoms with E-state index in [-0.39, 0.29) is 12.5 Å². The third kappa shape index (κ3) is 3.58. The van der Waals surface area contributed by atoms with Crippen LogP contribution >= 0.6 is 22.6 Å². The molecule has 0 unspecified atom stereocenters. The Hall–Kier alpha value is -0.920. The van der Waals surface area contributed by atoms with Crippen molar-refractivity contribution in [1.82, 2.24) is 9.97 Å². The number of rotatable bonds is 5. The van der Waals surface area contributed by atoms with E-state index in [1.807, 2.05) is 4.90 Å². The van der Waals surface area contributed by atoms with Gasteiger partial charge in [-0.15, -0.1) is 0 Å². The first kappa shape index (κ1) is 13.1. The number of carbonyl (C=O) groups excluding carboxylic acids is 1. The van der Waals surface area contributed by atoms with Crippen molar-refractivity contribution in [2.45, 2.75) is 13.3 Å². The van der Waals surface area contributed by atoms with Gasteiger partial charge in [-0.05, 0) is 29.0 Å². The van der Waals surface area contributed by atoms with Gasteiger partial charge in [-0.3, -0.25) is 4.79 Å². The minimum Gasteiger partial charge on any atom is -0.468 e. The number of esters is 1. The summed E-state index contributed by atoms with van der Waals surface area (Å²) in [6.45, 7) is 3.04. The van der Waals surface area contributed by atoms with Gasteiger partial charge in [0.05, 0.1) is 10.7 Å². The van der Waals surface area contributed by atoms with Gasteiger partial charge >= 0.3 is 5.97 Å². The number of anilines is 1. The third-order valence-corrected chi connectivity index (χ3v) is 2.75. The highest BCUT2D eigenvalue weighted by molar-refractivity contribution is 14.1. The molecule has 0 amide bonds. The van der Waals surface area contributed by atoms with Crippen LogP contribution in [0.4, 0.5) is 5.82 Å². The first-order valence-corrected chi connectivity index (χ1v) is 6.04. The van der Waals surface area contributed by atoms with Crippen molar-refractivity contribution in [3.05, 3.63) is 16.1 Å². The lowest BCUT2D eigenvalue weighted by molar-refractivity contribution is -0.138. The van der Waals surface area contributed by atoms with Crippen LogP contribution < -0.4 is 4.90 Å². The molecule has 16 heavy (non-hydrogen) atoms. The van der Waals surface area contributed by atoms with Crippen molar-refractivity contribution in [3.63, 3.8) is 0 Å². The Bertz CT molecular complexity index is 360. The molecular formula is C10H14IN3O2. The molecule has 0 N–H and O–H groups in total. The molecule has 6 heteroatoms. The highest BCUT2D eigenvalue weighted by Gasteiger charge is 2.14. The summed E-state index contributed by atoms with van der Waals surface area (Å²) in [5, 5.41) is 0. The van der Waals surface area contributed by atoms with Gasteiger partial charge in [-0.25, -0.2) is 9.97 Å². The fourth-order valence-electron chi connectivity index (χ4n) is 1.29. The first-order chi connectivity index (χ1) is 7.69. The van der Waals surface area contributed by atoms with Crippen molar-refractivity contribution in [1.29, 1.82) is 0 Å². The summed E-state index contributed by atoms with van der Waals surface area (Å²) in [6.07, 6.45) is 4.15. The zero-order valence-corrected chi connectivity index (χ0v) is 11.5. The summed E-state index contributed by atoms with van der Waals surface area (Å²) in [5.74, 6) is 0.519. The second-order valence-corrected chi connectivity index (χ2v) is 4.35. The molecule has 0 aromatic carbocycles. The number of halogens is 1. The standard InChI is InChI=1S/C10H14IN3O2/c1-3-4-14(6-9(15)16-2)10-8(11)5-12-7-13-10/h5,7H,3-4,6H2,1-2H3. The van der Waals surface area contributed by atoms with Crippen LogP contribution in [0.1, 0.15) is 13.3 Å². The topological polar surface area (TPSA) is 55.3 Å². The van der Waals surface area contributed by atoms with Crippen molar-refractivity contribution in [2.24, 2.45) is 0 Å². The zero-order valence-electron chi connectivity index (χ0n) is 9.31. The number of nitrogens with zero attached hydrogens (tertiary/aromatic N) is 3. The Balaban J connectivity index is 2.85. The number of aromatic nitrogens is 2. The molecule has 0 radical (unpaired) electrons. The predicted octanol–water partition coefficient (Wildman–Crippen LogP) is 1.47. The van der Waals surface area contributed by atoms with E-state index in [9.17, 15) is 4.79 Å². The molecule has 1 aromatic heterocycles. The van der Waals surface area contributed by atoms with E-state index in [0.29, 0.717) is 0 Å². The minimum atomic E-state index is -0.261. The SMILES string of the molecule is CCCN(CC(=O)OC)c1ncncc1I. The van der Waals surface area contributed by atoms with E-state index in [1.54, 1.807) is 6.20 Å². The highest BCUT2D eigenvalue weighted by Crippen LogP contribution is 2.18. The summed E-state index contributed by atoms with van der Waals surface area (Å²) >= 11 is 2.16. The van der Waals surface area contributed by atoms with E-state index < -0.39 is 0 Å². The molecule has 0 saturated heterocycles. The number of methoxy groups -OCH3 is 1. The van der Waals surface area contributed by atoms with E-state index >= 15 is 0 Å². The van der Waals surface area contributed by atoms with Crippen LogP contribution in [0.5, 0.6) is 0 Å².